The van der Waals surface area contributed by atoms with Gasteiger partial charge in [-0.2, -0.15) is 0 Å². The van der Waals surface area contributed by atoms with Crippen molar-refractivity contribution in [2.75, 3.05) is 13.2 Å². The first-order valence-electron chi connectivity index (χ1n) is 11.1. The molecule has 0 bridgehead atoms. The standard InChI is InChI=1S/C25H27ClN4OS/c1-16-14-21(17(2)30(16)19-10-8-18(26)9-11-19)24-23(22-7-3-4-12-27-22)28-25(32)29(24)15-20-6-5-13-31-20/h3-4,7-12,14,20,23-24H,5-6,13,15H2,1-2H3,(H,28,32)/t20-,23+,24+/m0/s1. The lowest BCUT2D eigenvalue weighted by atomic mass is 9.96. The van der Waals surface area contributed by atoms with Crippen LogP contribution in [-0.4, -0.2) is 38.8 Å². The highest BCUT2D eigenvalue weighted by Crippen LogP contribution is 2.42. The molecule has 2 fully saturated rings. The van der Waals surface area contributed by atoms with E-state index in [4.69, 9.17) is 28.6 Å². The third kappa shape index (κ3) is 3.91. The lowest BCUT2D eigenvalue weighted by molar-refractivity contribution is 0.0842. The van der Waals surface area contributed by atoms with Crippen molar-refractivity contribution in [3.63, 3.8) is 0 Å². The average molecular weight is 467 g/mol. The zero-order valence-corrected chi connectivity index (χ0v) is 19.9. The van der Waals surface area contributed by atoms with Gasteiger partial charge in [-0.3, -0.25) is 4.98 Å². The van der Waals surface area contributed by atoms with Crippen LogP contribution in [0.5, 0.6) is 0 Å². The molecule has 2 aliphatic heterocycles. The van der Waals surface area contributed by atoms with Gasteiger partial charge in [0.15, 0.2) is 5.11 Å². The minimum atomic E-state index is -0.0238. The smallest absolute Gasteiger partial charge is 0.170 e. The maximum atomic E-state index is 6.13. The molecule has 7 heteroatoms. The first kappa shape index (κ1) is 21.4. The first-order valence-corrected chi connectivity index (χ1v) is 11.9. The van der Waals surface area contributed by atoms with Crippen molar-refractivity contribution in [1.82, 2.24) is 19.8 Å². The molecule has 0 radical (unpaired) electrons. The fourth-order valence-corrected chi connectivity index (χ4v) is 5.46. The van der Waals surface area contributed by atoms with Gasteiger partial charge in [-0.25, -0.2) is 0 Å². The van der Waals surface area contributed by atoms with E-state index in [1.807, 2.05) is 30.5 Å². The summed E-state index contributed by atoms with van der Waals surface area (Å²) in [6.45, 7) is 5.94. The largest absolute Gasteiger partial charge is 0.376 e. The number of halogens is 1. The second kappa shape index (κ2) is 8.85. The van der Waals surface area contributed by atoms with Crippen LogP contribution in [0.3, 0.4) is 0 Å². The zero-order chi connectivity index (χ0) is 22.2. The summed E-state index contributed by atoms with van der Waals surface area (Å²) in [7, 11) is 0. The molecule has 0 amide bonds. The van der Waals surface area contributed by atoms with Gasteiger partial charge in [0.25, 0.3) is 0 Å². The molecule has 3 aromatic rings. The Balaban J connectivity index is 1.58. The Morgan fingerprint density at radius 3 is 2.69 bits per heavy atom. The normalized spacial score (nSPS) is 23.0. The summed E-state index contributed by atoms with van der Waals surface area (Å²) in [4.78, 5) is 6.97. The summed E-state index contributed by atoms with van der Waals surface area (Å²) in [5.41, 5.74) is 5.71. The van der Waals surface area contributed by atoms with Crippen LogP contribution < -0.4 is 5.32 Å². The number of aromatic nitrogens is 2. The lowest BCUT2D eigenvalue weighted by Crippen LogP contribution is -2.36. The molecule has 5 nitrogen and oxygen atoms in total. The van der Waals surface area contributed by atoms with Crippen LogP contribution in [0.4, 0.5) is 0 Å². The lowest BCUT2D eigenvalue weighted by Gasteiger charge is -2.30. The van der Waals surface area contributed by atoms with Crippen LogP contribution in [0.25, 0.3) is 5.69 Å². The predicted octanol–water partition coefficient (Wildman–Crippen LogP) is 5.29. The van der Waals surface area contributed by atoms with E-state index in [-0.39, 0.29) is 18.2 Å². The quantitative estimate of drug-likeness (QED) is 0.517. The molecular weight excluding hydrogens is 440 g/mol. The highest BCUT2D eigenvalue weighted by atomic mass is 35.5. The number of ether oxygens (including phenoxy) is 1. The van der Waals surface area contributed by atoms with Crippen molar-refractivity contribution in [2.45, 2.75) is 44.9 Å². The van der Waals surface area contributed by atoms with Crippen molar-refractivity contribution in [3.8, 4) is 5.69 Å². The Kier molecular flexibility index (Phi) is 5.93. The van der Waals surface area contributed by atoms with Gasteiger partial charge in [0.05, 0.1) is 23.9 Å². The van der Waals surface area contributed by atoms with Gasteiger partial charge in [-0.1, -0.05) is 17.7 Å². The van der Waals surface area contributed by atoms with E-state index in [0.717, 1.165) is 47.5 Å². The van der Waals surface area contributed by atoms with Gasteiger partial charge in [-0.15, -0.1) is 0 Å². The fraction of sp³-hybridized carbons (Fsp3) is 0.360. The average Bonchev–Trinajstić information content (AvgIpc) is 3.49. The summed E-state index contributed by atoms with van der Waals surface area (Å²) >= 11 is 12.0. The molecule has 2 aromatic heterocycles. The zero-order valence-electron chi connectivity index (χ0n) is 18.3. The van der Waals surface area contributed by atoms with Crippen molar-refractivity contribution in [1.29, 1.82) is 0 Å². The van der Waals surface area contributed by atoms with E-state index in [1.165, 1.54) is 17.0 Å². The molecule has 2 aliphatic rings. The topological polar surface area (TPSA) is 42.3 Å². The van der Waals surface area contributed by atoms with E-state index in [1.54, 1.807) is 0 Å². The summed E-state index contributed by atoms with van der Waals surface area (Å²) in [6.07, 6.45) is 4.23. The molecule has 0 saturated carbocycles. The number of thiocarbonyl (C=S) groups is 1. The molecule has 5 rings (SSSR count). The van der Waals surface area contributed by atoms with E-state index in [0.29, 0.717) is 0 Å². The molecule has 2 saturated heterocycles. The van der Waals surface area contributed by atoms with Crippen LogP contribution in [0.1, 0.15) is 47.6 Å². The number of nitrogens with zero attached hydrogens (tertiary/aromatic N) is 3. The highest BCUT2D eigenvalue weighted by Gasteiger charge is 2.42. The van der Waals surface area contributed by atoms with Gasteiger partial charge in [0.2, 0.25) is 0 Å². The van der Waals surface area contributed by atoms with E-state index < -0.39 is 0 Å². The molecule has 1 N–H and O–H groups in total. The highest BCUT2D eigenvalue weighted by molar-refractivity contribution is 7.80. The van der Waals surface area contributed by atoms with E-state index in [2.05, 4.69) is 57.9 Å². The Morgan fingerprint density at radius 2 is 2.00 bits per heavy atom. The molecule has 0 aliphatic carbocycles. The third-order valence-electron chi connectivity index (χ3n) is 6.50. The second-order valence-electron chi connectivity index (χ2n) is 8.55. The van der Waals surface area contributed by atoms with Gasteiger partial charge in [0.1, 0.15) is 0 Å². The summed E-state index contributed by atoms with van der Waals surface area (Å²) < 4.78 is 8.25. The van der Waals surface area contributed by atoms with E-state index in [9.17, 15) is 0 Å². The molecule has 0 unspecified atom stereocenters. The van der Waals surface area contributed by atoms with Crippen molar-refractivity contribution >= 4 is 28.9 Å². The minimum absolute atomic E-state index is 0.0238. The first-order chi connectivity index (χ1) is 15.5. The van der Waals surface area contributed by atoms with Crippen molar-refractivity contribution < 1.29 is 4.74 Å². The molecule has 3 atom stereocenters. The van der Waals surface area contributed by atoms with Crippen LogP contribution in [0.15, 0.2) is 54.7 Å². The van der Waals surface area contributed by atoms with Crippen LogP contribution in [-0.2, 0) is 4.74 Å². The molecule has 166 valence electrons. The van der Waals surface area contributed by atoms with Crippen molar-refractivity contribution in [2.24, 2.45) is 0 Å². The molecule has 32 heavy (non-hydrogen) atoms. The monoisotopic (exact) mass is 466 g/mol. The van der Waals surface area contributed by atoms with Crippen molar-refractivity contribution in [3.05, 3.63) is 82.4 Å². The van der Waals surface area contributed by atoms with Crippen LogP contribution >= 0.6 is 23.8 Å². The molecule has 0 spiro atoms. The fourth-order valence-electron chi connectivity index (χ4n) is 5.02. The third-order valence-corrected chi connectivity index (χ3v) is 7.10. The molecule has 4 heterocycles. The number of hydrogen-bond donors (Lipinski definition) is 1. The Hall–Kier alpha value is -2.41. The number of pyridine rings is 1. The van der Waals surface area contributed by atoms with Gasteiger partial charge >= 0.3 is 0 Å². The van der Waals surface area contributed by atoms with Crippen LogP contribution in [0, 0.1) is 13.8 Å². The van der Waals surface area contributed by atoms with Gasteiger partial charge in [-0.05, 0) is 86.9 Å². The van der Waals surface area contributed by atoms with E-state index >= 15 is 0 Å². The number of aryl methyl sites for hydroxylation is 1. The number of rotatable bonds is 5. The predicted molar refractivity (Wildman–Crippen MR) is 131 cm³/mol. The molecule has 1 aromatic carbocycles. The number of nitrogens with one attached hydrogen (secondary N) is 1. The SMILES string of the molecule is Cc1cc([C@@H]2[C@@H](c3ccccn3)NC(=S)N2C[C@@H]2CCCO2)c(C)n1-c1ccc(Cl)cc1. The van der Waals surface area contributed by atoms with Crippen LogP contribution in [0.2, 0.25) is 5.02 Å². The molecular formula is C25H27ClN4OS. The Morgan fingerprint density at radius 1 is 1.19 bits per heavy atom. The maximum absolute atomic E-state index is 6.13. The number of benzene rings is 1. The maximum Gasteiger partial charge on any atom is 0.170 e. The summed E-state index contributed by atoms with van der Waals surface area (Å²) in [5, 5.41) is 5.06. The van der Waals surface area contributed by atoms with Gasteiger partial charge in [0, 0.05) is 41.4 Å². The Bertz CT molecular complexity index is 1110. The Labute approximate surface area is 199 Å². The second-order valence-corrected chi connectivity index (χ2v) is 9.38. The minimum Gasteiger partial charge on any atom is -0.376 e. The number of hydrogen-bond acceptors (Lipinski definition) is 3. The summed E-state index contributed by atoms with van der Waals surface area (Å²) in [5.74, 6) is 0. The summed E-state index contributed by atoms with van der Waals surface area (Å²) in [6, 6.07) is 16.3. The van der Waals surface area contributed by atoms with Gasteiger partial charge < -0.3 is 19.5 Å².